The van der Waals surface area contributed by atoms with Gasteiger partial charge in [-0.05, 0) is 12.1 Å². The fourth-order valence-corrected chi connectivity index (χ4v) is 1.87. The number of hydrogen-bond acceptors (Lipinski definition) is 3. The van der Waals surface area contributed by atoms with E-state index in [1.165, 1.54) is 0 Å². The van der Waals surface area contributed by atoms with E-state index in [1.807, 2.05) is 0 Å². The van der Waals surface area contributed by atoms with Gasteiger partial charge in [-0.15, -0.1) is 0 Å². The molecule has 1 aromatic rings. The van der Waals surface area contributed by atoms with Crippen LogP contribution in [-0.4, -0.2) is 21.2 Å². The Labute approximate surface area is 66.6 Å². The van der Waals surface area contributed by atoms with E-state index in [2.05, 4.69) is 9.98 Å². The van der Waals surface area contributed by atoms with Crippen LogP contribution in [0.3, 0.4) is 0 Å². The number of aromatic nitrogens is 1. The molecule has 1 aliphatic rings. The lowest BCUT2D eigenvalue weighted by Gasteiger charge is -2.05. The smallest absolute Gasteiger partial charge is 0.167 e. The molecule has 1 aromatic heterocycles. The molecule has 0 saturated heterocycles. The molecule has 0 spiro atoms. The monoisotopic (exact) mass is 166 g/mol. The Kier molecular flexibility index (Phi) is 1.54. The third kappa shape index (κ3) is 1.09. The second-order valence-corrected chi connectivity index (χ2v) is 3.61. The van der Waals surface area contributed by atoms with Crippen LogP contribution < -0.4 is 0 Å². The molecular weight excluding hydrogens is 160 g/mol. The van der Waals surface area contributed by atoms with E-state index < -0.39 is 10.8 Å². The SMILES string of the molecule is O=S1CC=Nc2ncccc21. The highest BCUT2D eigenvalue weighted by molar-refractivity contribution is 7.86. The quantitative estimate of drug-likeness (QED) is 0.574. The lowest BCUT2D eigenvalue weighted by molar-refractivity contribution is 0.685. The number of fused-ring (bicyclic) bond motifs is 1. The van der Waals surface area contributed by atoms with Gasteiger partial charge in [0.2, 0.25) is 0 Å². The van der Waals surface area contributed by atoms with Gasteiger partial charge >= 0.3 is 0 Å². The van der Waals surface area contributed by atoms with Gasteiger partial charge in [-0.25, -0.2) is 9.98 Å². The molecule has 3 nitrogen and oxygen atoms in total. The van der Waals surface area contributed by atoms with E-state index in [0.29, 0.717) is 11.6 Å². The molecule has 11 heavy (non-hydrogen) atoms. The summed E-state index contributed by atoms with van der Waals surface area (Å²) in [5.41, 5.74) is 0. The largest absolute Gasteiger partial charge is 0.254 e. The molecule has 0 N–H and O–H groups in total. The first kappa shape index (κ1) is 6.67. The molecule has 56 valence electrons. The summed E-state index contributed by atoms with van der Waals surface area (Å²) in [7, 11) is -0.927. The van der Waals surface area contributed by atoms with Crippen molar-refractivity contribution in [1.82, 2.24) is 4.98 Å². The van der Waals surface area contributed by atoms with E-state index in [1.54, 1.807) is 24.5 Å². The van der Waals surface area contributed by atoms with Crippen molar-refractivity contribution in [3.8, 4) is 0 Å². The lowest BCUT2D eigenvalue weighted by atomic mass is 10.4. The Morgan fingerprint density at radius 2 is 2.45 bits per heavy atom. The normalized spacial score (nSPS) is 21.3. The molecule has 1 unspecified atom stereocenters. The zero-order chi connectivity index (χ0) is 7.68. The average molecular weight is 166 g/mol. The van der Waals surface area contributed by atoms with Gasteiger partial charge in [0.1, 0.15) is 0 Å². The minimum Gasteiger partial charge on any atom is -0.254 e. The fraction of sp³-hybridized carbons (Fsp3) is 0.143. The highest BCUT2D eigenvalue weighted by Crippen LogP contribution is 2.21. The van der Waals surface area contributed by atoms with Crippen molar-refractivity contribution >= 4 is 22.8 Å². The number of nitrogens with zero attached hydrogens (tertiary/aromatic N) is 2. The van der Waals surface area contributed by atoms with Crippen LogP contribution in [0.25, 0.3) is 0 Å². The Hall–Kier alpha value is -1.03. The molecule has 0 radical (unpaired) electrons. The van der Waals surface area contributed by atoms with Crippen molar-refractivity contribution in [3.05, 3.63) is 18.3 Å². The van der Waals surface area contributed by atoms with Gasteiger partial charge in [-0.2, -0.15) is 0 Å². The zero-order valence-corrected chi connectivity index (χ0v) is 6.54. The second-order valence-electron chi connectivity index (χ2n) is 2.15. The van der Waals surface area contributed by atoms with Gasteiger partial charge < -0.3 is 0 Å². The van der Waals surface area contributed by atoms with Crippen molar-refractivity contribution in [2.45, 2.75) is 4.90 Å². The first-order valence-corrected chi connectivity index (χ1v) is 4.56. The molecule has 1 atom stereocenters. The Balaban J connectivity index is 2.63. The summed E-state index contributed by atoms with van der Waals surface area (Å²) < 4.78 is 11.3. The van der Waals surface area contributed by atoms with Crippen LogP contribution in [0, 0.1) is 0 Å². The minimum atomic E-state index is -0.927. The first-order valence-electron chi connectivity index (χ1n) is 3.24. The molecule has 0 aromatic carbocycles. The summed E-state index contributed by atoms with van der Waals surface area (Å²) in [6.07, 6.45) is 3.30. The molecule has 4 heteroatoms. The van der Waals surface area contributed by atoms with Crippen LogP contribution in [0.2, 0.25) is 0 Å². The average Bonchev–Trinajstić information content (AvgIpc) is 2.06. The highest BCUT2D eigenvalue weighted by Gasteiger charge is 2.11. The van der Waals surface area contributed by atoms with Crippen LogP contribution in [0.1, 0.15) is 0 Å². The van der Waals surface area contributed by atoms with Crippen LogP contribution in [-0.2, 0) is 10.8 Å². The van der Waals surface area contributed by atoms with Crippen LogP contribution in [0.4, 0.5) is 5.82 Å². The third-order valence-electron chi connectivity index (χ3n) is 1.44. The maximum atomic E-state index is 11.3. The molecule has 0 saturated carbocycles. The first-order chi connectivity index (χ1) is 5.38. The summed E-state index contributed by atoms with van der Waals surface area (Å²) in [4.78, 5) is 8.74. The van der Waals surface area contributed by atoms with Crippen molar-refractivity contribution in [3.63, 3.8) is 0 Å². The van der Waals surface area contributed by atoms with E-state index in [4.69, 9.17) is 0 Å². The van der Waals surface area contributed by atoms with Gasteiger partial charge in [0, 0.05) is 12.4 Å². The summed E-state index contributed by atoms with van der Waals surface area (Å²) in [5, 5.41) is 0. The van der Waals surface area contributed by atoms with Crippen LogP contribution in [0.15, 0.2) is 28.2 Å². The highest BCUT2D eigenvalue weighted by atomic mass is 32.2. The predicted molar refractivity (Wildman–Crippen MR) is 43.7 cm³/mol. The van der Waals surface area contributed by atoms with E-state index >= 15 is 0 Å². The molecule has 0 fully saturated rings. The summed E-state index contributed by atoms with van der Waals surface area (Å²) in [6, 6.07) is 3.58. The molecule has 1 aliphatic heterocycles. The van der Waals surface area contributed by atoms with Crippen LogP contribution in [0.5, 0.6) is 0 Å². The third-order valence-corrected chi connectivity index (χ3v) is 2.70. The van der Waals surface area contributed by atoms with E-state index in [9.17, 15) is 4.21 Å². The molecule has 2 rings (SSSR count). The van der Waals surface area contributed by atoms with E-state index in [-0.39, 0.29) is 0 Å². The predicted octanol–water partition coefficient (Wildman–Crippen LogP) is 0.905. The Morgan fingerprint density at radius 3 is 3.27 bits per heavy atom. The maximum absolute atomic E-state index is 11.3. The molecule has 2 heterocycles. The topological polar surface area (TPSA) is 42.3 Å². The molecular formula is C7H6N2OS. The standard InChI is InChI=1S/C7H6N2OS/c10-11-5-4-9-7-6(11)2-1-3-8-7/h1-4H,5H2. The van der Waals surface area contributed by atoms with Gasteiger partial charge in [0.15, 0.2) is 5.82 Å². The fourth-order valence-electron chi connectivity index (χ4n) is 0.938. The summed E-state index contributed by atoms with van der Waals surface area (Å²) in [5.74, 6) is 1.11. The molecule has 0 bridgehead atoms. The van der Waals surface area contributed by atoms with Gasteiger partial charge in [0.25, 0.3) is 0 Å². The van der Waals surface area contributed by atoms with Gasteiger partial charge in [-0.3, -0.25) is 4.21 Å². The molecule has 0 aliphatic carbocycles. The van der Waals surface area contributed by atoms with Crippen LogP contribution >= 0.6 is 0 Å². The number of hydrogen-bond donors (Lipinski definition) is 0. The van der Waals surface area contributed by atoms with Crippen molar-refractivity contribution in [2.24, 2.45) is 4.99 Å². The van der Waals surface area contributed by atoms with Crippen molar-refractivity contribution < 1.29 is 4.21 Å². The second kappa shape index (κ2) is 2.54. The Bertz CT molecular complexity index is 335. The van der Waals surface area contributed by atoms with Crippen molar-refractivity contribution in [1.29, 1.82) is 0 Å². The zero-order valence-electron chi connectivity index (χ0n) is 5.73. The number of rotatable bonds is 0. The summed E-state index contributed by atoms with van der Waals surface area (Å²) >= 11 is 0. The molecule has 0 amide bonds. The number of pyridine rings is 1. The summed E-state index contributed by atoms with van der Waals surface area (Å²) in [6.45, 7) is 0. The van der Waals surface area contributed by atoms with E-state index in [0.717, 1.165) is 4.90 Å². The Morgan fingerprint density at radius 1 is 1.55 bits per heavy atom. The minimum absolute atomic E-state index is 0.513. The lowest BCUT2D eigenvalue weighted by Crippen LogP contribution is -2.04. The van der Waals surface area contributed by atoms with Gasteiger partial charge in [-0.1, -0.05) is 0 Å². The number of aliphatic imine (C=N–C) groups is 1. The van der Waals surface area contributed by atoms with Crippen molar-refractivity contribution in [2.75, 3.05) is 5.75 Å². The maximum Gasteiger partial charge on any atom is 0.167 e. The van der Waals surface area contributed by atoms with Gasteiger partial charge in [0.05, 0.1) is 21.4 Å².